The quantitative estimate of drug-likeness (QED) is 0.723. The van der Waals surface area contributed by atoms with Gasteiger partial charge in [-0.1, -0.05) is 6.92 Å². The third-order valence-electron chi connectivity index (χ3n) is 3.68. The Balaban J connectivity index is 1.95. The Hall–Kier alpha value is -3.22. The fraction of sp³-hybridized carbons (Fsp3) is 0.222. The van der Waals surface area contributed by atoms with E-state index in [9.17, 15) is 9.59 Å². The first-order valence-electron chi connectivity index (χ1n) is 8.05. The van der Waals surface area contributed by atoms with Crippen molar-refractivity contribution < 1.29 is 14.3 Å². The monoisotopic (exact) mass is 338 g/mol. The topological polar surface area (TPSA) is 85.6 Å². The van der Waals surface area contributed by atoms with E-state index in [0.29, 0.717) is 30.1 Å². The van der Waals surface area contributed by atoms with Gasteiger partial charge < -0.3 is 10.1 Å². The standard InChI is InChI=1S/C18H18N4O3/c1-3-15(23)19-13-9-7-12(8-10-13)16-20-21-17-14(18(24)25-4-2)6-5-11-22(16)17/h5-11H,3-4H2,1-2H3,(H,19,23). The number of amides is 1. The van der Waals surface area contributed by atoms with E-state index in [4.69, 9.17) is 4.74 Å². The minimum Gasteiger partial charge on any atom is -0.462 e. The number of esters is 1. The lowest BCUT2D eigenvalue weighted by molar-refractivity contribution is -0.115. The molecule has 2 aromatic heterocycles. The summed E-state index contributed by atoms with van der Waals surface area (Å²) >= 11 is 0. The summed E-state index contributed by atoms with van der Waals surface area (Å²) in [6, 6.07) is 10.7. The van der Waals surface area contributed by atoms with Crippen LogP contribution in [0.25, 0.3) is 17.0 Å². The molecule has 0 unspecified atom stereocenters. The van der Waals surface area contributed by atoms with Crippen LogP contribution in [0.1, 0.15) is 30.6 Å². The van der Waals surface area contributed by atoms with Crippen LogP contribution in [0.5, 0.6) is 0 Å². The van der Waals surface area contributed by atoms with Crippen molar-refractivity contribution in [3.63, 3.8) is 0 Å². The average molecular weight is 338 g/mol. The van der Waals surface area contributed by atoms with Gasteiger partial charge in [-0.15, -0.1) is 10.2 Å². The molecule has 25 heavy (non-hydrogen) atoms. The molecule has 7 nitrogen and oxygen atoms in total. The molecule has 0 saturated heterocycles. The summed E-state index contributed by atoms with van der Waals surface area (Å²) in [5, 5.41) is 11.1. The minimum atomic E-state index is -0.426. The van der Waals surface area contributed by atoms with Crippen molar-refractivity contribution in [2.24, 2.45) is 0 Å². The Kier molecular flexibility index (Phi) is 4.74. The van der Waals surface area contributed by atoms with Gasteiger partial charge >= 0.3 is 5.97 Å². The first-order chi connectivity index (χ1) is 12.1. The second kappa shape index (κ2) is 7.12. The number of fused-ring (bicyclic) bond motifs is 1. The Morgan fingerprint density at radius 3 is 2.56 bits per heavy atom. The average Bonchev–Trinajstić information content (AvgIpc) is 3.06. The van der Waals surface area contributed by atoms with Gasteiger partial charge in [-0.05, 0) is 43.3 Å². The van der Waals surface area contributed by atoms with Gasteiger partial charge in [0, 0.05) is 23.9 Å². The summed E-state index contributed by atoms with van der Waals surface area (Å²) in [7, 11) is 0. The van der Waals surface area contributed by atoms with Gasteiger partial charge in [0.05, 0.1) is 6.61 Å². The zero-order valence-corrected chi connectivity index (χ0v) is 14.0. The highest BCUT2D eigenvalue weighted by molar-refractivity contribution is 5.96. The molecule has 3 rings (SSSR count). The molecule has 0 fully saturated rings. The third kappa shape index (κ3) is 3.35. The smallest absolute Gasteiger partial charge is 0.341 e. The number of ether oxygens (including phenoxy) is 1. The van der Waals surface area contributed by atoms with Crippen molar-refractivity contribution in [2.75, 3.05) is 11.9 Å². The fourth-order valence-corrected chi connectivity index (χ4v) is 2.43. The first-order valence-corrected chi connectivity index (χ1v) is 8.05. The Labute approximate surface area is 144 Å². The summed E-state index contributed by atoms with van der Waals surface area (Å²) in [6.45, 7) is 3.85. The first kappa shape index (κ1) is 16.6. The van der Waals surface area contributed by atoms with Crippen LogP contribution < -0.4 is 5.32 Å². The van der Waals surface area contributed by atoms with Gasteiger partial charge in [-0.2, -0.15) is 0 Å². The van der Waals surface area contributed by atoms with Gasteiger partial charge in [0.2, 0.25) is 5.91 Å². The zero-order valence-electron chi connectivity index (χ0n) is 14.0. The van der Waals surface area contributed by atoms with E-state index in [1.807, 2.05) is 12.1 Å². The number of anilines is 1. The van der Waals surface area contributed by atoms with Crippen LogP contribution in [-0.2, 0) is 9.53 Å². The number of nitrogens with zero attached hydrogens (tertiary/aromatic N) is 3. The van der Waals surface area contributed by atoms with Gasteiger partial charge in [0.15, 0.2) is 11.5 Å². The lowest BCUT2D eigenvalue weighted by Crippen LogP contribution is -2.09. The van der Waals surface area contributed by atoms with Crippen molar-refractivity contribution in [1.29, 1.82) is 0 Å². The molecule has 0 saturated carbocycles. The zero-order chi connectivity index (χ0) is 17.8. The van der Waals surface area contributed by atoms with Crippen LogP contribution in [0, 0.1) is 0 Å². The third-order valence-corrected chi connectivity index (χ3v) is 3.68. The summed E-state index contributed by atoms with van der Waals surface area (Å²) in [5.41, 5.74) is 2.36. The van der Waals surface area contributed by atoms with Crippen molar-refractivity contribution in [3.8, 4) is 11.4 Å². The summed E-state index contributed by atoms with van der Waals surface area (Å²) in [6.07, 6.45) is 2.22. The summed E-state index contributed by atoms with van der Waals surface area (Å²) in [4.78, 5) is 23.5. The molecule has 0 aliphatic carbocycles. The number of aromatic nitrogens is 3. The molecule has 1 aromatic carbocycles. The molecule has 2 heterocycles. The molecule has 0 bridgehead atoms. The van der Waals surface area contributed by atoms with Crippen LogP contribution in [-0.4, -0.2) is 33.1 Å². The molecule has 0 spiro atoms. The maximum Gasteiger partial charge on any atom is 0.341 e. The maximum absolute atomic E-state index is 12.0. The van der Waals surface area contributed by atoms with E-state index >= 15 is 0 Å². The molecular weight excluding hydrogens is 320 g/mol. The van der Waals surface area contributed by atoms with E-state index in [1.165, 1.54) is 0 Å². The van der Waals surface area contributed by atoms with Gasteiger partial charge in [0.25, 0.3) is 0 Å². The fourth-order valence-electron chi connectivity index (χ4n) is 2.43. The van der Waals surface area contributed by atoms with Crippen LogP contribution in [0.2, 0.25) is 0 Å². The number of hydrogen-bond acceptors (Lipinski definition) is 5. The predicted molar refractivity (Wildman–Crippen MR) is 93.3 cm³/mol. The number of carbonyl (C=O) groups is 2. The van der Waals surface area contributed by atoms with E-state index in [1.54, 1.807) is 48.7 Å². The SMILES string of the molecule is CCOC(=O)c1cccn2c(-c3ccc(NC(=O)CC)cc3)nnc12. The van der Waals surface area contributed by atoms with Gasteiger partial charge in [-0.25, -0.2) is 4.79 Å². The van der Waals surface area contributed by atoms with E-state index in [2.05, 4.69) is 15.5 Å². The van der Waals surface area contributed by atoms with Crippen LogP contribution in [0.4, 0.5) is 5.69 Å². The molecule has 7 heteroatoms. The predicted octanol–water partition coefficient (Wildman–Crippen LogP) is 2.92. The number of benzene rings is 1. The number of pyridine rings is 1. The molecule has 1 amide bonds. The Morgan fingerprint density at radius 2 is 1.88 bits per heavy atom. The van der Waals surface area contributed by atoms with Crippen LogP contribution in [0.15, 0.2) is 42.6 Å². The maximum atomic E-state index is 12.0. The van der Waals surface area contributed by atoms with E-state index in [-0.39, 0.29) is 5.91 Å². The Morgan fingerprint density at radius 1 is 1.12 bits per heavy atom. The lowest BCUT2D eigenvalue weighted by Gasteiger charge is -2.06. The van der Waals surface area contributed by atoms with Crippen LogP contribution in [0.3, 0.4) is 0 Å². The summed E-state index contributed by atoms with van der Waals surface area (Å²) in [5.74, 6) is 0.138. The van der Waals surface area contributed by atoms with Crippen molar-refractivity contribution in [1.82, 2.24) is 14.6 Å². The molecule has 0 atom stereocenters. The second-order valence-corrected chi connectivity index (χ2v) is 5.34. The highest BCUT2D eigenvalue weighted by Gasteiger charge is 2.16. The Bertz CT molecular complexity index is 916. The van der Waals surface area contributed by atoms with Crippen molar-refractivity contribution in [3.05, 3.63) is 48.2 Å². The molecule has 3 aromatic rings. The highest BCUT2D eigenvalue weighted by atomic mass is 16.5. The van der Waals surface area contributed by atoms with E-state index < -0.39 is 5.97 Å². The largest absolute Gasteiger partial charge is 0.462 e. The minimum absolute atomic E-state index is 0.0419. The van der Waals surface area contributed by atoms with E-state index in [0.717, 1.165) is 11.3 Å². The number of carbonyl (C=O) groups excluding carboxylic acids is 2. The van der Waals surface area contributed by atoms with Gasteiger partial charge in [-0.3, -0.25) is 9.20 Å². The molecule has 0 aliphatic rings. The molecule has 0 aliphatic heterocycles. The lowest BCUT2D eigenvalue weighted by atomic mass is 10.2. The number of nitrogens with one attached hydrogen (secondary N) is 1. The van der Waals surface area contributed by atoms with Crippen molar-refractivity contribution in [2.45, 2.75) is 20.3 Å². The molecule has 128 valence electrons. The molecular formula is C18H18N4O3. The van der Waals surface area contributed by atoms with Gasteiger partial charge in [0.1, 0.15) is 5.56 Å². The highest BCUT2D eigenvalue weighted by Crippen LogP contribution is 2.22. The normalized spacial score (nSPS) is 10.6. The number of hydrogen-bond donors (Lipinski definition) is 1. The molecule has 1 N–H and O–H groups in total. The summed E-state index contributed by atoms with van der Waals surface area (Å²) < 4.78 is 6.80. The van der Waals surface area contributed by atoms with Crippen molar-refractivity contribution >= 4 is 23.2 Å². The number of rotatable bonds is 5. The molecule has 0 radical (unpaired) electrons. The van der Waals surface area contributed by atoms with Crippen LogP contribution >= 0.6 is 0 Å². The second-order valence-electron chi connectivity index (χ2n) is 5.34.